The molecule has 15 heavy (non-hydrogen) atoms. The number of rotatable bonds is 1. The normalized spacial score (nSPS) is 18.2. The minimum atomic E-state index is -0.186. The highest BCUT2D eigenvalue weighted by molar-refractivity contribution is 6.76. The van der Waals surface area contributed by atoms with Crippen LogP contribution in [0.25, 0.3) is 0 Å². The molecule has 3 rings (SSSR count). The van der Waals surface area contributed by atoms with Crippen molar-refractivity contribution in [1.29, 1.82) is 0 Å². The summed E-state index contributed by atoms with van der Waals surface area (Å²) in [5.41, 5.74) is 3.27. The van der Waals surface area contributed by atoms with Gasteiger partial charge >= 0.3 is 6.92 Å². The van der Waals surface area contributed by atoms with Crippen molar-refractivity contribution in [3.63, 3.8) is 0 Å². The zero-order valence-corrected chi connectivity index (χ0v) is 8.24. The molecule has 0 fully saturated rings. The van der Waals surface area contributed by atoms with E-state index in [4.69, 9.17) is 4.65 Å². The summed E-state index contributed by atoms with van der Waals surface area (Å²) in [6.45, 7) is 0.530. The van der Waals surface area contributed by atoms with Crippen LogP contribution in [0.3, 0.4) is 0 Å². The van der Waals surface area contributed by atoms with Crippen molar-refractivity contribution in [3.05, 3.63) is 53.3 Å². The van der Waals surface area contributed by atoms with Crippen LogP contribution in [0.15, 0.2) is 41.9 Å². The number of halogens is 1. The lowest BCUT2D eigenvalue weighted by atomic mass is 9.55. The maximum absolute atomic E-state index is 13.0. The van der Waals surface area contributed by atoms with Gasteiger partial charge in [0.2, 0.25) is 0 Å². The molecule has 0 unspecified atom stereocenters. The van der Waals surface area contributed by atoms with E-state index in [0.29, 0.717) is 6.61 Å². The van der Waals surface area contributed by atoms with Crippen LogP contribution in [-0.4, -0.2) is 6.92 Å². The summed E-state index contributed by atoms with van der Waals surface area (Å²) in [5.74, 6) is -0.186. The van der Waals surface area contributed by atoms with Crippen molar-refractivity contribution in [2.75, 3.05) is 0 Å². The molecule has 1 aliphatic carbocycles. The van der Waals surface area contributed by atoms with Gasteiger partial charge in [-0.25, -0.2) is 4.39 Å². The minimum absolute atomic E-state index is 0.0133. The van der Waals surface area contributed by atoms with Crippen molar-refractivity contribution in [2.45, 2.75) is 13.0 Å². The molecule has 2 aliphatic rings. The largest absolute Gasteiger partial charge is 0.423 e. The van der Waals surface area contributed by atoms with Gasteiger partial charge in [0.25, 0.3) is 0 Å². The molecule has 0 atom stereocenters. The fourth-order valence-electron chi connectivity index (χ4n) is 2.16. The summed E-state index contributed by atoms with van der Waals surface area (Å²) in [6, 6.07) is 4.89. The summed E-state index contributed by atoms with van der Waals surface area (Å²) in [6.07, 6.45) is 7.33. The van der Waals surface area contributed by atoms with Crippen LogP contribution in [0.2, 0.25) is 0 Å². The molecule has 74 valence electrons. The molecule has 0 spiro atoms. The lowest BCUT2D eigenvalue weighted by molar-refractivity contribution is 0.334. The molecule has 0 amide bonds. The van der Waals surface area contributed by atoms with Crippen molar-refractivity contribution < 1.29 is 9.04 Å². The summed E-state index contributed by atoms with van der Waals surface area (Å²) >= 11 is 0. The topological polar surface area (TPSA) is 9.23 Å². The van der Waals surface area contributed by atoms with E-state index >= 15 is 0 Å². The predicted octanol–water partition coefficient (Wildman–Crippen LogP) is 1.98. The molecule has 0 radical (unpaired) electrons. The molecule has 3 heteroatoms. The minimum Gasteiger partial charge on any atom is -0.423 e. The summed E-state index contributed by atoms with van der Waals surface area (Å²) < 4.78 is 18.7. The number of fused-ring (bicyclic) bond motifs is 1. The Balaban J connectivity index is 2.01. The van der Waals surface area contributed by atoms with E-state index < -0.39 is 0 Å². The van der Waals surface area contributed by atoms with Gasteiger partial charge in [-0.2, -0.15) is 0 Å². The zero-order chi connectivity index (χ0) is 10.3. The third kappa shape index (κ3) is 1.43. The monoisotopic (exact) mass is 200 g/mol. The van der Waals surface area contributed by atoms with Gasteiger partial charge in [-0.3, -0.25) is 0 Å². The van der Waals surface area contributed by atoms with Gasteiger partial charge in [0.05, 0.1) is 6.61 Å². The number of allylic oxidation sites excluding steroid dienone is 4. The highest BCUT2D eigenvalue weighted by atomic mass is 19.1. The molecule has 1 heterocycles. The van der Waals surface area contributed by atoms with Crippen molar-refractivity contribution in [2.24, 2.45) is 0 Å². The molecule has 1 nitrogen and oxygen atoms in total. The van der Waals surface area contributed by atoms with E-state index in [1.807, 2.05) is 6.07 Å². The van der Waals surface area contributed by atoms with Crippen LogP contribution in [0.5, 0.6) is 0 Å². The smallest absolute Gasteiger partial charge is 0.361 e. The van der Waals surface area contributed by atoms with Gasteiger partial charge in [0, 0.05) is 0 Å². The van der Waals surface area contributed by atoms with Crippen LogP contribution in [-0.2, 0) is 11.3 Å². The van der Waals surface area contributed by atoms with Crippen LogP contribution < -0.4 is 5.46 Å². The van der Waals surface area contributed by atoms with Gasteiger partial charge in [0.15, 0.2) is 0 Å². The van der Waals surface area contributed by atoms with E-state index in [1.165, 1.54) is 11.5 Å². The molecule has 0 saturated heterocycles. The van der Waals surface area contributed by atoms with E-state index in [-0.39, 0.29) is 12.7 Å². The second-order valence-electron chi connectivity index (χ2n) is 3.88. The Labute approximate surface area is 88.4 Å². The predicted molar refractivity (Wildman–Crippen MR) is 58.4 cm³/mol. The summed E-state index contributed by atoms with van der Waals surface area (Å²) in [5, 5.41) is 0. The third-order valence-corrected chi connectivity index (χ3v) is 2.90. The average Bonchev–Trinajstić information content (AvgIpc) is 2.82. The number of benzene rings is 1. The van der Waals surface area contributed by atoms with Crippen LogP contribution in [0, 0.1) is 5.82 Å². The Morgan fingerprint density at radius 2 is 2.27 bits per heavy atom. The quantitative estimate of drug-likeness (QED) is 0.629. The van der Waals surface area contributed by atoms with E-state index in [9.17, 15) is 4.39 Å². The van der Waals surface area contributed by atoms with Gasteiger partial charge < -0.3 is 4.65 Å². The number of hydrogen-bond donors (Lipinski definition) is 0. The second-order valence-corrected chi connectivity index (χ2v) is 3.88. The zero-order valence-electron chi connectivity index (χ0n) is 8.24. The first kappa shape index (κ1) is 8.92. The van der Waals surface area contributed by atoms with E-state index in [0.717, 1.165) is 17.4 Å². The van der Waals surface area contributed by atoms with Gasteiger partial charge in [0.1, 0.15) is 5.82 Å². The number of hydrogen-bond acceptors (Lipinski definition) is 1. The summed E-state index contributed by atoms with van der Waals surface area (Å²) in [4.78, 5) is 0. The first-order valence-corrected chi connectivity index (χ1v) is 5.11. The van der Waals surface area contributed by atoms with E-state index in [1.54, 1.807) is 6.07 Å². The first-order valence-electron chi connectivity index (χ1n) is 5.11. The lowest BCUT2D eigenvalue weighted by Gasteiger charge is -2.05. The summed E-state index contributed by atoms with van der Waals surface area (Å²) in [7, 11) is 0. The SMILES string of the molecule is Fc1ccc2c(c1)COB2C1=CCC=C1. The maximum atomic E-state index is 13.0. The molecule has 0 saturated carbocycles. The second kappa shape index (κ2) is 3.35. The average molecular weight is 200 g/mol. The molecule has 1 aromatic carbocycles. The van der Waals surface area contributed by atoms with Crippen molar-refractivity contribution in [1.82, 2.24) is 0 Å². The van der Waals surface area contributed by atoms with Gasteiger partial charge in [-0.1, -0.05) is 24.3 Å². The van der Waals surface area contributed by atoms with Crippen LogP contribution in [0.4, 0.5) is 4.39 Å². The Morgan fingerprint density at radius 3 is 3.07 bits per heavy atom. The Kier molecular flexibility index (Phi) is 1.99. The van der Waals surface area contributed by atoms with Gasteiger partial charge in [-0.05, 0) is 35.1 Å². The molecule has 0 N–H and O–H groups in total. The van der Waals surface area contributed by atoms with Crippen LogP contribution >= 0.6 is 0 Å². The molecule has 1 aliphatic heterocycles. The van der Waals surface area contributed by atoms with Crippen molar-refractivity contribution in [3.8, 4) is 0 Å². The fraction of sp³-hybridized carbons (Fsp3) is 0.167. The highest BCUT2D eigenvalue weighted by Gasteiger charge is 2.31. The molecular weight excluding hydrogens is 190 g/mol. The maximum Gasteiger partial charge on any atom is 0.361 e. The lowest BCUT2D eigenvalue weighted by Crippen LogP contribution is -2.30. The Hall–Kier alpha value is -1.35. The van der Waals surface area contributed by atoms with Crippen molar-refractivity contribution >= 4 is 12.4 Å². The molecule has 0 bridgehead atoms. The molecule has 1 aromatic rings. The van der Waals surface area contributed by atoms with Gasteiger partial charge in [-0.15, -0.1) is 0 Å². The van der Waals surface area contributed by atoms with Crippen LogP contribution in [0.1, 0.15) is 12.0 Å². The standard InChI is InChI=1S/C12H10BFO/c14-11-5-6-12-9(7-11)8-15-13(12)10-3-1-2-4-10/h1,3-7H,2,8H2. The Bertz CT molecular complexity index is 465. The fourth-order valence-corrected chi connectivity index (χ4v) is 2.16. The molecular formula is C12H10BFO. The molecule has 0 aromatic heterocycles. The highest BCUT2D eigenvalue weighted by Crippen LogP contribution is 2.20. The third-order valence-electron chi connectivity index (χ3n) is 2.90. The first-order chi connectivity index (χ1) is 7.34. The Morgan fingerprint density at radius 1 is 1.33 bits per heavy atom. The van der Waals surface area contributed by atoms with E-state index in [2.05, 4.69) is 18.2 Å².